The summed E-state index contributed by atoms with van der Waals surface area (Å²) < 4.78 is 5.27. The van der Waals surface area contributed by atoms with E-state index < -0.39 is 5.97 Å². The fourth-order valence-corrected chi connectivity index (χ4v) is 2.24. The van der Waals surface area contributed by atoms with Crippen molar-refractivity contribution in [2.75, 3.05) is 13.2 Å². The minimum atomic E-state index is -0.715. The Balaban J connectivity index is 2.75. The number of ether oxygens (including phenoxy) is 1. The summed E-state index contributed by atoms with van der Waals surface area (Å²) in [5, 5.41) is 8.79. The molecule has 1 fully saturated rings. The fourth-order valence-electron chi connectivity index (χ4n) is 2.24. The van der Waals surface area contributed by atoms with Crippen LogP contribution in [-0.2, 0) is 9.53 Å². The fraction of sp³-hybridized carbons (Fsp3) is 0.909. The van der Waals surface area contributed by atoms with Crippen LogP contribution in [0.25, 0.3) is 0 Å². The van der Waals surface area contributed by atoms with E-state index >= 15 is 0 Å². The van der Waals surface area contributed by atoms with Crippen molar-refractivity contribution < 1.29 is 14.6 Å². The molecule has 0 aromatic rings. The van der Waals surface area contributed by atoms with E-state index in [1.54, 1.807) is 0 Å². The van der Waals surface area contributed by atoms with Crippen LogP contribution in [0.5, 0.6) is 0 Å². The molecular weight excluding hydrogens is 180 g/mol. The molecular formula is C11H20O3. The molecule has 1 atom stereocenters. The van der Waals surface area contributed by atoms with Crippen LogP contribution in [-0.4, -0.2) is 24.3 Å². The first-order valence-corrected chi connectivity index (χ1v) is 5.09. The topological polar surface area (TPSA) is 46.5 Å². The molecule has 1 heterocycles. The van der Waals surface area contributed by atoms with Gasteiger partial charge in [-0.1, -0.05) is 27.7 Å². The van der Waals surface area contributed by atoms with Crippen molar-refractivity contribution in [1.29, 1.82) is 0 Å². The summed E-state index contributed by atoms with van der Waals surface area (Å²) in [7, 11) is 0. The number of carboxylic acids is 1. The number of aliphatic carboxylic acids is 1. The summed E-state index contributed by atoms with van der Waals surface area (Å²) in [6, 6.07) is 0. The third kappa shape index (κ3) is 1.78. The zero-order chi connectivity index (χ0) is 11.0. The van der Waals surface area contributed by atoms with Gasteiger partial charge in [-0.2, -0.15) is 0 Å². The van der Waals surface area contributed by atoms with Gasteiger partial charge in [0.15, 0.2) is 0 Å². The average Bonchev–Trinajstić information content (AvgIpc) is 1.76. The van der Waals surface area contributed by atoms with Crippen molar-refractivity contribution in [2.24, 2.45) is 16.7 Å². The summed E-state index contributed by atoms with van der Waals surface area (Å²) in [6.45, 7) is 9.90. The minimum absolute atomic E-state index is 0.0470. The van der Waals surface area contributed by atoms with Gasteiger partial charge in [0.25, 0.3) is 0 Å². The van der Waals surface area contributed by atoms with Crippen LogP contribution in [0, 0.1) is 16.7 Å². The van der Waals surface area contributed by atoms with Crippen LogP contribution in [0.15, 0.2) is 0 Å². The van der Waals surface area contributed by atoms with Crippen LogP contribution in [0.3, 0.4) is 0 Å². The standard InChI is InChI=1S/C11H20O3/c1-8(5-9(12)13)11(6-14-7-11)10(2,3)4/h8H,5-7H2,1-4H3,(H,12,13). The second-order valence-electron chi connectivity index (χ2n) is 5.40. The summed E-state index contributed by atoms with van der Waals surface area (Å²) in [4.78, 5) is 10.7. The summed E-state index contributed by atoms with van der Waals surface area (Å²) >= 11 is 0. The SMILES string of the molecule is CC(CC(=O)O)C1(C(C)(C)C)COC1. The van der Waals surface area contributed by atoms with E-state index in [-0.39, 0.29) is 23.2 Å². The Hall–Kier alpha value is -0.570. The third-order valence-electron chi connectivity index (χ3n) is 3.64. The van der Waals surface area contributed by atoms with E-state index in [0.717, 1.165) is 0 Å². The molecule has 3 nitrogen and oxygen atoms in total. The number of hydrogen-bond acceptors (Lipinski definition) is 2. The monoisotopic (exact) mass is 200 g/mol. The summed E-state index contributed by atoms with van der Waals surface area (Å²) in [6.07, 6.45) is 0.237. The zero-order valence-corrected chi connectivity index (χ0v) is 9.46. The van der Waals surface area contributed by atoms with E-state index in [1.807, 2.05) is 6.92 Å². The van der Waals surface area contributed by atoms with Gasteiger partial charge in [-0.3, -0.25) is 4.79 Å². The largest absolute Gasteiger partial charge is 0.481 e. The Labute approximate surface area is 85.5 Å². The van der Waals surface area contributed by atoms with E-state index in [9.17, 15) is 4.79 Å². The van der Waals surface area contributed by atoms with Crippen LogP contribution in [0.4, 0.5) is 0 Å². The minimum Gasteiger partial charge on any atom is -0.481 e. The highest BCUT2D eigenvalue weighted by Gasteiger charge is 2.52. The van der Waals surface area contributed by atoms with E-state index in [0.29, 0.717) is 13.2 Å². The number of carboxylic acid groups (broad SMARTS) is 1. The van der Waals surface area contributed by atoms with Crippen molar-refractivity contribution in [1.82, 2.24) is 0 Å². The molecule has 0 aliphatic carbocycles. The molecule has 1 rings (SSSR count). The summed E-state index contributed by atoms with van der Waals surface area (Å²) in [5.74, 6) is -0.540. The van der Waals surface area contributed by atoms with Crippen LogP contribution in [0.1, 0.15) is 34.1 Å². The highest BCUT2D eigenvalue weighted by Crippen LogP contribution is 2.51. The van der Waals surface area contributed by atoms with Gasteiger partial charge in [-0.25, -0.2) is 0 Å². The molecule has 1 aliphatic heterocycles. The first kappa shape index (κ1) is 11.5. The molecule has 3 heteroatoms. The molecule has 0 aromatic carbocycles. The lowest BCUT2D eigenvalue weighted by Crippen LogP contribution is -2.56. The highest BCUT2D eigenvalue weighted by molar-refractivity contribution is 5.67. The van der Waals surface area contributed by atoms with Crippen molar-refractivity contribution in [3.05, 3.63) is 0 Å². The van der Waals surface area contributed by atoms with Gasteiger partial charge in [0.1, 0.15) is 0 Å². The maximum absolute atomic E-state index is 10.7. The van der Waals surface area contributed by atoms with Crippen molar-refractivity contribution in [2.45, 2.75) is 34.1 Å². The Morgan fingerprint density at radius 1 is 1.50 bits per heavy atom. The normalized spacial score (nSPS) is 22.6. The Morgan fingerprint density at radius 2 is 2.00 bits per heavy atom. The highest BCUT2D eigenvalue weighted by atomic mass is 16.5. The van der Waals surface area contributed by atoms with Crippen molar-refractivity contribution in [3.8, 4) is 0 Å². The van der Waals surface area contributed by atoms with Crippen molar-refractivity contribution in [3.63, 3.8) is 0 Å². The Kier molecular flexibility index (Phi) is 2.91. The van der Waals surface area contributed by atoms with E-state index in [2.05, 4.69) is 20.8 Å². The van der Waals surface area contributed by atoms with Gasteiger partial charge in [0.05, 0.1) is 13.2 Å². The van der Waals surface area contributed by atoms with Gasteiger partial charge in [0, 0.05) is 11.8 Å². The molecule has 0 spiro atoms. The molecule has 0 amide bonds. The smallest absolute Gasteiger partial charge is 0.303 e. The molecule has 1 saturated heterocycles. The molecule has 14 heavy (non-hydrogen) atoms. The van der Waals surface area contributed by atoms with Gasteiger partial charge >= 0.3 is 5.97 Å². The second-order valence-corrected chi connectivity index (χ2v) is 5.40. The molecule has 1 aliphatic rings. The van der Waals surface area contributed by atoms with E-state index in [1.165, 1.54) is 0 Å². The Bertz CT molecular complexity index is 223. The molecule has 0 saturated carbocycles. The predicted octanol–water partition coefficient (Wildman–Crippen LogP) is 2.16. The first-order chi connectivity index (χ1) is 6.29. The van der Waals surface area contributed by atoms with Gasteiger partial charge < -0.3 is 9.84 Å². The molecule has 1 N–H and O–H groups in total. The van der Waals surface area contributed by atoms with Gasteiger partial charge in [-0.05, 0) is 11.3 Å². The molecule has 0 radical (unpaired) electrons. The average molecular weight is 200 g/mol. The van der Waals surface area contributed by atoms with Crippen molar-refractivity contribution >= 4 is 5.97 Å². The molecule has 0 bridgehead atoms. The third-order valence-corrected chi connectivity index (χ3v) is 3.64. The second kappa shape index (κ2) is 3.54. The lowest BCUT2D eigenvalue weighted by molar-refractivity contribution is -0.201. The van der Waals surface area contributed by atoms with E-state index in [4.69, 9.17) is 9.84 Å². The lowest BCUT2D eigenvalue weighted by Gasteiger charge is -2.54. The maximum atomic E-state index is 10.7. The lowest BCUT2D eigenvalue weighted by atomic mass is 9.58. The van der Waals surface area contributed by atoms with Crippen LogP contribution in [0.2, 0.25) is 0 Å². The molecule has 82 valence electrons. The number of carbonyl (C=O) groups is 1. The zero-order valence-electron chi connectivity index (χ0n) is 9.46. The van der Waals surface area contributed by atoms with Crippen LogP contribution >= 0.6 is 0 Å². The Morgan fingerprint density at radius 3 is 2.21 bits per heavy atom. The van der Waals surface area contributed by atoms with Crippen LogP contribution < -0.4 is 0 Å². The first-order valence-electron chi connectivity index (χ1n) is 5.09. The molecule has 1 unspecified atom stereocenters. The van der Waals surface area contributed by atoms with Gasteiger partial charge in [0.2, 0.25) is 0 Å². The maximum Gasteiger partial charge on any atom is 0.303 e. The summed E-state index contributed by atoms with van der Waals surface area (Å²) in [5.41, 5.74) is 0.158. The number of hydrogen-bond donors (Lipinski definition) is 1. The quantitative estimate of drug-likeness (QED) is 0.759. The molecule has 0 aromatic heterocycles. The van der Waals surface area contributed by atoms with Gasteiger partial charge in [-0.15, -0.1) is 0 Å². The predicted molar refractivity (Wildman–Crippen MR) is 54.1 cm³/mol. The number of rotatable bonds is 3.